The Balaban J connectivity index is 2.49. The van der Waals surface area contributed by atoms with Crippen LogP contribution in [0.1, 0.15) is 39.0 Å². The topological polar surface area (TPSA) is 60.8 Å². The van der Waals surface area contributed by atoms with E-state index in [2.05, 4.69) is 0 Å². The highest BCUT2D eigenvalue weighted by atomic mass is 16.4. The molecule has 1 fully saturated rings. The first-order valence-electron chi connectivity index (χ1n) is 5.64. The van der Waals surface area contributed by atoms with Crippen molar-refractivity contribution in [2.24, 2.45) is 0 Å². The zero-order chi connectivity index (χ0) is 11.4. The predicted molar refractivity (Wildman–Crippen MR) is 57.7 cm³/mol. The fourth-order valence-electron chi connectivity index (χ4n) is 2.29. The molecule has 1 saturated carbocycles. The normalized spacial score (nSPS) is 29.1. The van der Waals surface area contributed by atoms with E-state index in [1.807, 2.05) is 18.9 Å². The zero-order valence-corrected chi connectivity index (χ0v) is 9.52. The highest BCUT2D eigenvalue weighted by Crippen LogP contribution is 2.24. The lowest BCUT2D eigenvalue weighted by molar-refractivity contribution is -0.138. The van der Waals surface area contributed by atoms with E-state index in [1.165, 1.54) is 0 Å². The molecule has 0 aromatic heterocycles. The van der Waals surface area contributed by atoms with Gasteiger partial charge in [0.05, 0.1) is 12.5 Å². The molecule has 15 heavy (non-hydrogen) atoms. The number of carbonyl (C=O) groups is 1. The van der Waals surface area contributed by atoms with E-state index in [0.717, 1.165) is 25.7 Å². The van der Waals surface area contributed by atoms with Gasteiger partial charge >= 0.3 is 5.97 Å². The number of carboxylic acid groups (broad SMARTS) is 1. The molecule has 0 aromatic carbocycles. The molecule has 1 aliphatic carbocycles. The van der Waals surface area contributed by atoms with Gasteiger partial charge in [0, 0.05) is 12.1 Å². The molecular formula is C11H21NO3. The number of nitrogens with zero attached hydrogens (tertiary/aromatic N) is 1. The van der Waals surface area contributed by atoms with Crippen molar-refractivity contribution in [1.29, 1.82) is 0 Å². The molecule has 0 aliphatic heterocycles. The third-order valence-electron chi connectivity index (χ3n) is 3.38. The first kappa shape index (κ1) is 12.5. The van der Waals surface area contributed by atoms with E-state index in [0.29, 0.717) is 0 Å². The van der Waals surface area contributed by atoms with Gasteiger partial charge in [-0.3, -0.25) is 9.69 Å². The van der Waals surface area contributed by atoms with Crippen molar-refractivity contribution in [1.82, 2.24) is 4.90 Å². The van der Waals surface area contributed by atoms with Gasteiger partial charge in [-0.05, 0) is 26.8 Å². The molecular weight excluding hydrogens is 194 g/mol. The van der Waals surface area contributed by atoms with Crippen LogP contribution in [-0.2, 0) is 4.79 Å². The van der Waals surface area contributed by atoms with Crippen LogP contribution in [0.2, 0.25) is 0 Å². The molecule has 88 valence electrons. The van der Waals surface area contributed by atoms with Crippen LogP contribution in [0.15, 0.2) is 0 Å². The summed E-state index contributed by atoms with van der Waals surface area (Å²) in [6.07, 6.45) is 3.88. The van der Waals surface area contributed by atoms with Gasteiger partial charge in [-0.2, -0.15) is 0 Å². The van der Waals surface area contributed by atoms with E-state index in [9.17, 15) is 9.90 Å². The van der Waals surface area contributed by atoms with Gasteiger partial charge in [-0.15, -0.1) is 0 Å². The molecule has 1 aliphatic rings. The second-order valence-corrected chi connectivity index (χ2v) is 4.53. The SMILES string of the molecule is CC(CC(=O)O)N(C)C1CCCCC1O. The summed E-state index contributed by atoms with van der Waals surface area (Å²) < 4.78 is 0. The maximum atomic E-state index is 10.6. The average Bonchev–Trinajstić information content (AvgIpc) is 2.16. The van der Waals surface area contributed by atoms with Gasteiger partial charge in [0.2, 0.25) is 0 Å². The van der Waals surface area contributed by atoms with Crippen LogP contribution in [0, 0.1) is 0 Å². The Hall–Kier alpha value is -0.610. The summed E-state index contributed by atoms with van der Waals surface area (Å²) in [4.78, 5) is 12.6. The van der Waals surface area contributed by atoms with Gasteiger partial charge in [-0.1, -0.05) is 12.8 Å². The molecule has 4 nitrogen and oxygen atoms in total. The third kappa shape index (κ3) is 3.47. The summed E-state index contributed by atoms with van der Waals surface area (Å²) in [6, 6.07) is 0.119. The largest absolute Gasteiger partial charge is 0.481 e. The number of hydrogen-bond acceptors (Lipinski definition) is 3. The number of rotatable bonds is 4. The molecule has 0 spiro atoms. The Labute approximate surface area is 90.9 Å². The molecule has 4 heteroatoms. The first-order chi connectivity index (χ1) is 7.02. The van der Waals surface area contributed by atoms with Crippen molar-refractivity contribution in [3.8, 4) is 0 Å². The Morgan fingerprint density at radius 2 is 2.07 bits per heavy atom. The van der Waals surface area contributed by atoms with Gasteiger partial charge in [0.15, 0.2) is 0 Å². The Morgan fingerprint density at radius 3 is 2.60 bits per heavy atom. The minimum atomic E-state index is -0.778. The molecule has 0 saturated heterocycles. The minimum Gasteiger partial charge on any atom is -0.481 e. The van der Waals surface area contributed by atoms with Crippen LogP contribution in [0.3, 0.4) is 0 Å². The third-order valence-corrected chi connectivity index (χ3v) is 3.38. The van der Waals surface area contributed by atoms with Crippen LogP contribution in [0.25, 0.3) is 0 Å². The van der Waals surface area contributed by atoms with Crippen molar-refractivity contribution in [3.63, 3.8) is 0 Å². The molecule has 0 bridgehead atoms. The van der Waals surface area contributed by atoms with E-state index >= 15 is 0 Å². The molecule has 3 atom stereocenters. The van der Waals surface area contributed by atoms with E-state index < -0.39 is 5.97 Å². The minimum absolute atomic E-state index is 0.0137. The summed E-state index contributed by atoms with van der Waals surface area (Å²) in [5.41, 5.74) is 0. The maximum absolute atomic E-state index is 10.6. The van der Waals surface area contributed by atoms with Crippen LogP contribution in [-0.4, -0.2) is 46.3 Å². The predicted octanol–water partition coefficient (Wildman–Crippen LogP) is 1.08. The van der Waals surface area contributed by atoms with Gasteiger partial charge in [-0.25, -0.2) is 0 Å². The number of carboxylic acids is 1. The second kappa shape index (κ2) is 5.47. The highest BCUT2D eigenvalue weighted by Gasteiger charge is 2.29. The van der Waals surface area contributed by atoms with Crippen LogP contribution < -0.4 is 0 Å². The summed E-state index contributed by atoms with van der Waals surface area (Å²) >= 11 is 0. The monoisotopic (exact) mass is 215 g/mol. The molecule has 0 heterocycles. The van der Waals surface area contributed by atoms with Gasteiger partial charge in [0.25, 0.3) is 0 Å². The van der Waals surface area contributed by atoms with Crippen molar-refractivity contribution in [2.45, 2.75) is 57.2 Å². The summed E-state index contributed by atoms with van der Waals surface area (Å²) in [5.74, 6) is -0.778. The number of likely N-dealkylation sites (N-methyl/N-ethyl adjacent to an activating group) is 1. The van der Waals surface area contributed by atoms with Crippen molar-refractivity contribution in [3.05, 3.63) is 0 Å². The van der Waals surface area contributed by atoms with E-state index in [4.69, 9.17) is 5.11 Å². The summed E-state index contributed by atoms with van der Waals surface area (Å²) in [5, 5.41) is 18.5. The Kier molecular flexibility index (Phi) is 4.54. The van der Waals surface area contributed by atoms with Gasteiger partial charge < -0.3 is 10.2 Å². The lowest BCUT2D eigenvalue weighted by atomic mass is 9.90. The zero-order valence-electron chi connectivity index (χ0n) is 9.52. The Morgan fingerprint density at radius 1 is 1.47 bits per heavy atom. The van der Waals surface area contributed by atoms with Gasteiger partial charge in [0.1, 0.15) is 0 Å². The lowest BCUT2D eigenvalue weighted by Gasteiger charge is -2.38. The van der Waals surface area contributed by atoms with Crippen LogP contribution >= 0.6 is 0 Å². The maximum Gasteiger partial charge on any atom is 0.304 e. The highest BCUT2D eigenvalue weighted by molar-refractivity contribution is 5.67. The Bertz CT molecular complexity index is 220. The average molecular weight is 215 g/mol. The molecule has 0 amide bonds. The summed E-state index contributed by atoms with van der Waals surface area (Å²) in [7, 11) is 1.91. The second-order valence-electron chi connectivity index (χ2n) is 4.53. The lowest BCUT2D eigenvalue weighted by Crippen LogP contribution is -2.47. The van der Waals surface area contributed by atoms with Crippen LogP contribution in [0.4, 0.5) is 0 Å². The molecule has 1 rings (SSSR count). The first-order valence-corrected chi connectivity index (χ1v) is 5.64. The summed E-state index contributed by atoms with van der Waals surface area (Å²) in [6.45, 7) is 1.90. The van der Waals surface area contributed by atoms with Crippen molar-refractivity contribution < 1.29 is 15.0 Å². The quantitative estimate of drug-likeness (QED) is 0.737. The van der Waals surface area contributed by atoms with Crippen molar-refractivity contribution >= 4 is 5.97 Å². The van der Waals surface area contributed by atoms with E-state index in [1.54, 1.807) is 0 Å². The van der Waals surface area contributed by atoms with Crippen LogP contribution in [0.5, 0.6) is 0 Å². The molecule has 2 N–H and O–H groups in total. The van der Waals surface area contributed by atoms with Crippen molar-refractivity contribution in [2.75, 3.05) is 7.05 Å². The molecule has 0 aromatic rings. The van der Waals surface area contributed by atoms with E-state index in [-0.39, 0.29) is 24.6 Å². The number of aliphatic hydroxyl groups is 1. The number of aliphatic hydroxyl groups excluding tert-OH is 1. The standard InChI is InChI=1S/C11H21NO3/c1-8(7-11(14)15)12(2)9-5-3-4-6-10(9)13/h8-10,13H,3-7H2,1-2H3,(H,14,15). The molecule has 3 unspecified atom stereocenters. The fraction of sp³-hybridized carbons (Fsp3) is 0.909. The number of aliphatic carboxylic acids is 1. The number of hydrogen-bond donors (Lipinski definition) is 2. The smallest absolute Gasteiger partial charge is 0.304 e. The molecule has 0 radical (unpaired) electrons. The fourth-order valence-corrected chi connectivity index (χ4v) is 2.29.